The quantitative estimate of drug-likeness (QED) is 0.661. The number of carboxylic acids is 1. The fourth-order valence-corrected chi connectivity index (χ4v) is 4.47. The molecule has 11 heteroatoms. The monoisotopic (exact) mass is 438 g/mol. The standard InChI is InChI=1S/C19H20F6N2O3/c20-10-6-12(21)15(13(22)7-10)26-14(4-5-19(23,24)25)17(28)27-8-9-2-1-3-11(9)16(27)18(29)30/h6-7,9,11,14,16,26H,1-5,8H2,(H,29,30)/t9?,11-,14+,16?/m0/s1. The molecule has 1 aliphatic heterocycles. The highest BCUT2D eigenvalue weighted by atomic mass is 19.4. The molecule has 1 saturated carbocycles. The van der Waals surface area contributed by atoms with Crippen LogP contribution in [-0.4, -0.2) is 46.7 Å². The smallest absolute Gasteiger partial charge is 0.389 e. The maximum Gasteiger partial charge on any atom is 0.389 e. The number of carboxylic acid groups (broad SMARTS) is 1. The molecule has 0 spiro atoms. The minimum atomic E-state index is -4.65. The van der Waals surface area contributed by atoms with Gasteiger partial charge in [-0.25, -0.2) is 18.0 Å². The number of alkyl halides is 3. The first-order valence-corrected chi connectivity index (χ1v) is 9.49. The van der Waals surface area contributed by atoms with E-state index < -0.39 is 66.1 Å². The third-order valence-corrected chi connectivity index (χ3v) is 5.77. The number of nitrogens with one attached hydrogen (secondary N) is 1. The first-order valence-electron chi connectivity index (χ1n) is 9.49. The number of likely N-dealkylation sites (tertiary alicyclic amines) is 1. The van der Waals surface area contributed by atoms with Gasteiger partial charge in [-0.05, 0) is 31.1 Å². The van der Waals surface area contributed by atoms with E-state index in [-0.39, 0.29) is 18.4 Å². The highest BCUT2D eigenvalue weighted by molar-refractivity contribution is 5.89. The van der Waals surface area contributed by atoms with Gasteiger partial charge in [0.2, 0.25) is 5.91 Å². The molecule has 1 saturated heterocycles. The van der Waals surface area contributed by atoms with E-state index in [2.05, 4.69) is 5.32 Å². The number of nitrogens with zero attached hydrogens (tertiary/aromatic N) is 1. The van der Waals surface area contributed by atoms with Crippen LogP contribution in [0.2, 0.25) is 0 Å². The number of benzene rings is 1. The molecular weight excluding hydrogens is 418 g/mol. The average Bonchev–Trinajstić information content (AvgIpc) is 3.19. The molecule has 1 heterocycles. The van der Waals surface area contributed by atoms with Gasteiger partial charge in [-0.3, -0.25) is 4.79 Å². The Bertz CT molecular complexity index is 808. The summed E-state index contributed by atoms with van der Waals surface area (Å²) >= 11 is 0. The molecule has 2 unspecified atom stereocenters. The molecule has 2 fully saturated rings. The molecule has 166 valence electrons. The second kappa shape index (κ2) is 8.35. The summed E-state index contributed by atoms with van der Waals surface area (Å²) in [5.74, 6) is -6.70. The predicted molar refractivity (Wildman–Crippen MR) is 93.0 cm³/mol. The summed E-state index contributed by atoms with van der Waals surface area (Å²) in [6.45, 7) is 0.0546. The molecule has 1 aromatic rings. The van der Waals surface area contributed by atoms with Gasteiger partial charge in [-0.15, -0.1) is 0 Å². The Labute approximate surface area is 168 Å². The van der Waals surface area contributed by atoms with Crippen molar-refractivity contribution < 1.29 is 41.0 Å². The lowest BCUT2D eigenvalue weighted by Gasteiger charge is -2.30. The average molecular weight is 438 g/mol. The van der Waals surface area contributed by atoms with Gasteiger partial charge in [0.1, 0.15) is 23.6 Å². The molecule has 2 aliphatic rings. The maximum absolute atomic E-state index is 14.0. The Hall–Kier alpha value is -2.46. The summed E-state index contributed by atoms with van der Waals surface area (Å²) < 4.78 is 79.4. The fraction of sp³-hybridized carbons (Fsp3) is 0.579. The Balaban J connectivity index is 1.88. The van der Waals surface area contributed by atoms with Crippen LogP contribution in [0.25, 0.3) is 0 Å². The number of rotatable bonds is 6. The normalized spacial score (nSPS) is 24.6. The van der Waals surface area contributed by atoms with Gasteiger partial charge in [0.15, 0.2) is 11.6 Å². The lowest BCUT2D eigenvalue weighted by Crippen LogP contribution is -2.49. The van der Waals surface area contributed by atoms with Crippen molar-refractivity contribution >= 4 is 17.6 Å². The van der Waals surface area contributed by atoms with Crippen molar-refractivity contribution in [3.63, 3.8) is 0 Å². The van der Waals surface area contributed by atoms with Gasteiger partial charge in [0.05, 0.1) is 0 Å². The number of fused-ring (bicyclic) bond motifs is 1. The molecule has 4 atom stereocenters. The van der Waals surface area contributed by atoms with Crippen molar-refractivity contribution in [3.05, 3.63) is 29.6 Å². The van der Waals surface area contributed by atoms with E-state index in [1.807, 2.05) is 0 Å². The molecule has 1 amide bonds. The van der Waals surface area contributed by atoms with Crippen molar-refractivity contribution in [1.29, 1.82) is 0 Å². The lowest BCUT2D eigenvalue weighted by molar-refractivity contribution is -0.151. The summed E-state index contributed by atoms with van der Waals surface area (Å²) in [7, 11) is 0. The number of halogens is 6. The second-order valence-corrected chi connectivity index (χ2v) is 7.72. The first-order chi connectivity index (χ1) is 14.0. The van der Waals surface area contributed by atoms with Crippen LogP contribution in [0, 0.1) is 29.3 Å². The topological polar surface area (TPSA) is 69.6 Å². The van der Waals surface area contributed by atoms with Gasteiger partial charge in [0, 0.05) is 25.1 Å². The SMILES string of the molecule is O=C(O)C1[C@H]2CCCC2CN1C(=O)[C@@H](CCC(F)(F)F)Nc1c(F)cc(F)cc1F. The zero-order chi connectivity index (χ0) is 22.2. The zero-order valence-corrected chi connectivity index (χ0v) is 15.7. The van der Waals surface area contributed by atoms with E-state index in [0.717, 1.165) is 11.3 Å². The number of aliphatic carboxylic acids is 1. The minimum Gasteiger partial charge on any atom is -0.480 e. The third kappa shape index (κ3) is 4.65. The predicted octanol–water partition coefficient (Wildman–Crippen LogP) is 3.94. The van der Waals surface area contributed by atoms with Crippen molar-refractivity contribution in [1.82, 2.24) is 4.90 Å². The highest BCUT2D eigenvalue weighted by Gasteiger charge is 2.50. The number of amides is 1. The lowest BCUT2D eigenvalue weighted by atomic mass is 9.94. The number of carbonyl (C=O) groups excluding carboxylic acids is 1. The van der Waals surface area contributed by atoms with Crippen molar-refractivity contribution in [3.8, 4) is 0 Å². The van der Waals surface area contributed by atoms with Gasteiger partial charge in [-0.1, -0.05) is 6.42 Å². The van der Waals surface area contributed by atoms with E-state index in [1.54, 1.807) is 0 Å². The van der Waals surface area contributed by atoms with Crippen LogP contribution in [0.5, 0.6) is 0 Å². The maximum atomic E-state index is 14.0. The Morgan fingerprint density at radius 3 is 2.37 bits per heavy atom. The third-order valence-electron chi connectivity index (χ3n) is 5.77. The second-order valence-electron chi connectivity index (χ2n) is 7.72. The summed E-state index contributed by atoms with van der Waals surface area (Å²) in [6.07, 6.45) is -4.87. The molecule has 5 nitrogen and oxygen atoms in total. The van der Waals surface area contributed by atoms with Crippen LogP contribution < -0.4 is 5.32 Å². The number of hydrogen-bond acceptors (Lipinski definition) is 3. The summed E-state index contributed by atoms with van der Waals surface area (Å²) in [5.41, 5.74) is -0.941. The van der Waals surface area contributed by atoms with Crippen molar-refractivity contribution in [2.45, 2.75) is 50.4 Å². The van der Waals surface area contributed by atoms with Crippen LogP contribution in [0.15, 0.2) is 12.1 Å². The Kier molecular flexibility index (Phi) is 6.19. The summed E-state index contributed by atoms with van der Waals surface area (Å²) in [4.78, 5) is 25.8. The molecule has 1 aromatic carbocycles. The summed E-state index contributed by atoms with van der Waals surface area (Å²) in [5, 5.41) is 11.7. The number of carbonyl (C=O) groups is 2. The van der Waals surface area contributed by atoms with Crippen LogP contribution in [0.1, 0.15) is 32.1 Å². The molecule has 30 heavy (non-hydrogen) atoms. The molecule has 0 aromatic heterocycles. The van der Waals surface area contributed by atoms with Crippen LogP contribution in [-0.2, 0) is 9.59 Å². The first kappa shape index (κ1) is 22.2. The summed E-state index contributed by atoms with van der Waals surface area (Å²) in [6, 6.07) is -2.28. The Morgan fingerprint density at radius 1 is 1.17 bits per heavy atom. The van der Waals surface area contributed by atoms with Gasteiger partial charge >= 0.3 is 12.1 Å². The van der Waals surface area contributed by atoms with Crippen molar-refractivity contribution in [2.75, 3.05) is 11.9 Å². The highest BCUT2D eigenvalue weighted by Crippen LogP contribution is 2.43. The number of hydrogen-bond donors (Lipinski definition) is 2. The molecule has 1 aliphatic carbocycles. The number of anilines is 1. The zero-order valence-electron chi connectivity index (χ0n) is 15.7. The van der Waals surface area contributed by atoms with Crippen molar-refractivity contribution in [2.24, 2.45) is 11.8 Å². The minimum absolute atomic E-state index is 0.0546. The molecular formula is C19H20F6N2O3. The van der Waals surface area contributed by atoms with E-state index in [4.69, 9.17) is 0 Å². The molecule has 2 N–H and O–H groups in total. The van der Waals surface area contributed by atoms with Crippen LogP contribution >= 0.6 is 0 Å². The largest absolute Gasteiger partial charge is 0.480 e. The molecule has 0 bridgehead atoms. The molecule has 3 rings (SSSR count). The van der Waals surface area contributed by atoms with E-state index in [9.17, 15) is 41.0 Å². The van der Waals surface area contributed by atoms with Crippen LogP contribution in [0.3, 0.4) is 0 Å². The Morgan fingerprint density at radius 2 is 1.80 bits per heavy atom. The molecule has 0 radical (unpaired) electrons. The van der Waals surface area contributed by atoms with E-state index in [0.29, 0.717) is 25.0 Å². The van der Waals surface area contributed by atoms with E-state index >= 15 is 0 Å². The van der Waals surface area contributed by atoms with Gasteiger partial charge in [-0.2, -0.15) is 13.2 Å². The van der Waals surface area contributed by atoms with Gasteiger partial charge < -0.3 is 15.3 Å². The van der Waals surface area contributed by atoms with E-state index in [1.165, 1.54) is 0 Å². The fourth-order valence-electron chi connectivity index (χ4n) is 4.47. The van der Waals surface area contributed by atoms with Gasteiger partial charge in [0.25, 0.3) is 0 Å². The van der Waals surface area contributed by atoms with Crippen LogP contribution in [0.4, 0.5) is 32.0 Å².